The Labute approximate surface area is 128 Å². The lowest BCUT2D eigenvalue weighted by molar-refractivity contribution is 0.0435. The average molecular weight is 299 g/mol. The summed E-state index contributed by atoms with van der Waals surface area (Å²) in [4.78, 5) is 12.2. The summed E-state index contributed by atoms with van der Waals surface area (Å²) in [6, 6.07) is 11.5. The Bertz CT molecular complexity index is 727. The van der Waals surface area contributed by atoms with Crippen LogP contribution in [0, 0.1) is 6.92 Å². The number of methoxy groups -OCH3 is 2. The van der Waals surface area contributed by atoms with Gasteiger partial charge in [-0.1, -0.05) is 12.1 Å². The number of hydrogen-bond acceptors (Lipinski definition) is 5. The number of anilines is 1. The van der Waals surface area contributed by atoms with Gasteiger partial charge in [0.15, 0.2) is 11.5 Å². The molecule has 0 saturated carbocycles. The largest absolute Gasteiger partial charge is 0.493 e. The lowest BCUT2D eigenvalue weighted by Crippen LogP contribution is -2.10. The lowest BCUT2D eigenvalue weighted by Gasteiger charge is -2.15. The highest BCUT2D eigenvalue weighted by Gasteiger charge is 2.35. The first-order valence-electron chi connectivity index (χ1n) is 6.93. The van der Waals surface area contributed by atoms with Gasteiger partial charge >= 0.3 is 5.97 Å². The van der Waals surface area contributed by atoms with Crippen LogP contribution >= 0.6 is 0 Å². The molecule has 0 amide bonds. The van der Waals surface area contributed by atoms with E-state index in [0.29, 0.717) is 17.1 Å². The van der Waals surface area contributed by atoms with E-state index >= 15 is 0 Å². The van der Waals surface area contributed by atoms with Gasteiger partial charge in [-0.05, 0) is 36.8 Å². The van der Waals surface area contributed by atoms with E-state index in [0.717, 1.165) is 16.8 Å². The monoisotopic (exact) mass is 299 g/mol. The van der Waals surface area contributed by atoms with Crippen molar-refractivity contribution in [3.63, 3.8) is 0 Å². The number of carbonyl (C=O) groups excluding carboxylic acids is 1. The highest BCUT2D eigenvalue weighted by Crippen LogP contribution is 2.42. The van der Waals surface area contributed by atoms with Crippen molar-refractivity contribution in [2.45, 2.75) is 13.2 Å². The molecule has 0 bridgehead atoms. The minimum Gasteiger partial charge on any atom is -0.493 e. The molecule has 0 radical (unpaired) electrons. The van der Waals surface area contributed by atoms with Crippen molar-refractivity contribution < 1.29 is 19.0 Å². The number of rotatable bonds is 4. The molecule has 5 heteroatoms. The number of hydrogen-bond donors (Lipinski definition) is 1. The first-order valence-corrected chi connectivity index (χ1v) is 6.93. The summed E-state index contributed by atoms with van der Waals surface area (Å²) in [7, 11) is 3.04. The maximum Gasteiger partial charge on any atom is 0.344 e. The number of esters is 1. The average Bonchev–Trinajstić information content (AvgIpc) is 2.82. The number of cyclic esters (lactones) is 1. The summed E-state index contributed by atoms with van der Waals surface area (Å²) in [6.07, 6.45) is -0.538. The van der Waals surface area contributed by atoms with Crippen LogP contribution in [0.5, 0.6) is 11.5 Å². The molecule has 0 spiro atoms. The highest BCUT2D eigenvalue weighted by molar-refractivity contribution is 5.98. The van der Waals surface area contributed by atoms with Crippen LogP contribution in [0.4, 0.5) is 5.69 Å². The van der Waals surface area contributed by atoms with Gasteiger partial charge in [0, 0.05) is 11.3 Å². The van der Waals surface area contributed by atoms with Crippen molar-refractivity contribution in [3.8, 4) is 11.5 Å². The summed E-state index contributed by atoms with van der Waals surface area (Å²) in [6.45, 7) is 2.01. The molecule has 0 aliphatic carbocycles. The van der Waals surface area contributed by atoms with Crippen LogP contribution in [0.2, 0.25) is 0 Å². The third-order valence-electron chi connectivity index (χ3n) is 3.61. The van der Waals surface area contributed by atoms with E-state index in [4.69, 9.17) is 14.2 Å². The fourth-order valence-electron chi connectivity index (χ4n) is 2.59. The predicted molar refractivity (Wildman–Crippen MR) is 82.5 cm³/mol. The topological polar surface area (TPSA) is 56.8 Å². The number of aryl methyl sites for hydroxylation is 1. The Morgan fingerprint density at radius 2 is 1.95 bits per heavy atom. The van der Waals surface area contributed by atoms with E-state index in [1.54, 1.807) is 6.07 Å². The van der Waals surface area contributed by atoms with Gasteiger partial charge in [-0.2, -0.15) is 0 Å². The van der Waals surface area contributed by atoms with Crippen LogP contribution in [0.15, 0.2) is 36.4 Å². The Balaban J connectivity index is 1.98. The van der Waals surface area contributed by atoms with E-state index in [-0.39, 0.29) is 0 Å². The van der Waals surface area contributed by atoms with Gasteiger partial charge in [-0.25, -0.2) is 4.79 Å². The summed E-state index contributed by atoms with van der Waals surface area (Å²) in [5.41, 5.74) is 3.17. The van der Waals surface area contributed by atoms with Gasteiger partial charge in [-0.3, -0.25) is 0 Å². The van der Waals surface area contributed by atoms with Crippen LogP contribution in [0.1, 0.15) is 27.7 Å². The second kappa shape index (κ2) is 5.60. The van der Waals surface area contributed by atoms with Crippen molar-refractivity contribution in [3.05, 3.63) is 53.1 Å². The van der Waals surface area contributed by atoms with Crippen LogP contribution in [-0.4, -0.2) is 20.2 Å². The van der Waals surface area contributed by atoms with Crippen molar-refractivity contribution in [2.24, 2.45) is 0 Å². The van der Waals surface area contributed by atoms with E-state index in [1.165, 1.54) is 14.2 Å². The minimum atomic E-state index is -0.538. The molecule has 2 aromatic rings. The van der Waals surface area contributed by atoms with Crippen molar-refractivity contribution in [1.29, 1.82) is 0 Å². The summed E-state index contributed by atoms with van der Waals surface area (Å²) in [5, 5.41) is 3.22. The Morgan fingerprint density at radius 3 is 2.64 bits per heavy atom. The Kier molecular flexibility index (Phi) is 3.63. The molecule has 114 valence electrons. The zero-order valence-corrected chi connectivity index (χ0v) is 12.7. The first kappa shape index (κ1) is 14.3. The van der Waals surface area contributed by atoms with E-state index in [2.05, 4.69) is 5.32 Å². The number of ether oxygens (including phenoxy) is 3. The standard InChI is InChI=1S/C17H17NO4/c1-10-5-4-6-11(9-10)18-16-12-7-8-13(20-2)15(21-3)14(12)17(19)22-16/h4-9,16,18H,1-3H3. The number of benzene rings is 2. The van der Waals surface area contributed by atoms with Gasteiger partial charge in [0.05, 0.1) is 14.2 Å². The predicted octanol–water partition coefficient (Wildman–Crippen LogP) is 3.29. The lowest BCUT2D eigenvalue weighted by atomic mass is 10.1. The molecular weight excluding hydrogens is 282 g/mol. The van der Waals surface area contributed by atoms with Gasteiger partial charge in [0.1, 0.15) is 5.56 Å². The fraction of sp³-hybridized carbons (Fsp3) is 0.235. The van der Waals surface area contributed by atoms with E-state index in [9.17, 15) is 4.79 Å². The first-order chi connectivity index (χ1) is 10.6. The molecular formula is C17H17NO4. The molecule has 1 N–H and O–H groups in total. The third kappa shape index (κ3) is 2.35. The smallest absolute Gasteiger partial charge is 0.344 e. The molecule has 1 heterocycles. The molecule has 1 unspecified atom stereocenters. The van der Waals surface area contributed by atoms with Gasteiger partial charge in [0.25, 0.3) is 0 Å². The third-order valence-corrected chi connectivity index (χ3v) is 3.61. The highest BCUT2D eigenvalue weighted by atomic mass is 16.6. The number of carbonyl (C=O) groups is 1. The summed E-state index contributed by atoms with van der Waals surface area (Å²) >= 11 is 0. The number of fused-ring (bicyclic) bond motifs is 1. The quantitative estimate of drug-likeness (QED) is 0.878. The molecule has 1 aliphatic rings. The maximum atomic E-state index is 12.2. The van der Waals surface area contributed by atoms with Gasteiger partial charge in [-0.15, -0.1) is 0 Å². The Morgan fingerprint density at radius 1 is 1.14 bits per heavy atom. The summed E-state index contributed by atoms with van der Waals surface area (Å²) in [5.74, 6) is 0.490. The van der Waals surface area contributed by atoms with Crippen LogP contribution in [-0.2, 0) is 4.74 Å². The molecule has 0 saturated heterocycles. The zero-order chi connectivity index (χ0) is 15.7. The Hall–Kier alpha value is -2.69. The van der Waals surface area contributed by atoms with E-state index in [1.807, 2.05) is 37.3 Å². The van der Waals surface area contributed by atoms with Crippen LogP contribution in [0.3, 0.4) is 0 Å². The summed E-state index contributed by atoms with van der Waals surface area (Å²) < 4.78 is 16.0. The number of nitrogens with one attached hydrogen (secondary N) is 1. The van der Waals surface area contributed by atoms with Crippen molar-refractivity contribution in [2.75, 3.05) is 19.5 Å². The second-order valence-corrected chi connectivity index (χ2v) is 5.06. The normalized spacial score (nSPS) is 16.0. The second-order valence-electron chi connectivity index (χ2n) is 5.06. The molecule has 1 atom stereocenters. The maximum absolute atomic E-state index is 12.2. The van der Waals surface area contributed by atoms with Crippen molar-refractivity contribution in [1.82, 2.24) is 0 Å². The fourth-order valence-corrected chi connectivity index (χ4v) is 2.59. The molecule has 0 aromatic heterocycles. The molecule has 3 rings (SSSR count). The molecule has 1 aliphatic heterocycles. The zero-order valence-electron chi connectivity index (χ0n) is 12.7. The van der Waals surface area contributed by atoms with Crippen LogP contribution in [0.25, 0.3) is 0 Å². The minimum absolute atomic E-state index is 0.401. The molecule has 22 heavy (non-hydrogen) atoms. The van der Waals surface area contributed by atoms with Gasteiger partial charge < -0.3 is 19.5 Å². The SMILES string of the molecule is COc1ccc2c(c1OC)C(=O)OC2Nc1cccc(C)c1. The molecule has 2 aromatic carbocycles. The van der Waals surface area contributed by atoms with Gasteiger partial charge in [0.2, 0.25) is 6.23 Å². The van der Waals surface area contributed by atoms with E-state index < -0.39 is 12.2 Å². The van der Waals surface area contributed by atoms with Crippen LogP contribution < -0.4 is 14.8 Å². The molecule has 0 fully saturated rings. The molecule has 5 nitrogen and oxygen atoms in total. The van der Waals surface area contributed by atoms with Crippen molar-refractivity contribution >= 4 is 11.7 Å².